The molecule has 1 unspecified atom stereocenters. The fourth-order valence-electron chi connectivity index (χ4n) is 1.82. The van der Waals surface area contributed by atoms with Crippen molar-refractivity contribution in [3.8, 4) is 0 Å². The molecule has 0 amide bonds. The molecule has 0 bridgehead atoms. The van der Waals surface area contributed by atoms with Gasteiger partial charge in [0.25, 0.3) is 0 Å². The van der Waals surface area contributed by atoms with Crippen molar-refractivity contribution < 1.29 is 14.1 Å². The molecule has 5 nitrogen and oxygen atoms in total. The molecule has 106 valence electrons. The molecule has 0 radical (unpaired) electrons. The molecule has 0 N–H and O–H groups in total. The van der Waals surface area contributed by atoms with Gasteiger partial charge in [-0.05, 0) is 18.6 Å². The predicted octanol–water partition coefficient (Wildman–Crippen LogP) is 3.09. The van der Waals surface area contributed by atoms with E-state index < -0.39 is 11.9 Å². The number of ether oxygens (including phenoxy) is 1. The van der Waals surface area contributed by atoms with E-state index in [1.165, 1.54) is 0 Å². The monoisotopic (exact) mass is 338 g/mol. The highest BCUT2D eigenvalue weighted by Gasteiger charge is 2.31. The maximum atomic E-state index is 12.2. The van der Waals surface area contributed by atoms with E-state index in [0.29, 0.717) is 18.9 Å². The molecule has 2 rings (SSSR count). The van der Waals surface area contributed by atoms with Crippen LogP contribution in [0.5, 0.6) is 0 Å². The minimum atomic E-state index is -0.710. The average Bonchev–Trinajstić information content (AvgIpc) is 2.90. The van der Waals surface area contributed by atoms with Crippen LogP contribution in [-0.4, -0.2) is 22.7 Å². The van der Waals surface area contributed by atoms with Crippen molar-refractivity contribution >= 4 is 21.9 Å². The van der Waals surface area contributed by atoms with E-state index in [1.54, 1.807) is 6.92 Å². The summed E-state index contributed by atoms with van der Waals surface area (Å²) in [5.74, 6) is -0.280. The highest BCUT2D eigenvalue weighted by molar-refractivity contribution is 9.10. The Kier molecular flexibility index (Phi) is 4.89. The Labute approximate surface area is 125 Å². The molecule has 0 fully saturated rings. The standard InChI is InChI=1S/C14H15BrN2O3/c1-3-11-16-13(20-17-11)12(14(18)19-4-2)9-7-5-6-8-10(9)15/h5-8,12H,3-4H2,1-2H3. The van der Waals surface area contributed by atoms with E-state index in [-0.39, 0.29) is 5.89 Å². The van der Waals surface area contributed by atoms with Crippen molar-refractivity contribution in [3.63, 3.8) is 0 Å². The maximum absolute atomic E-state index is 12.2. The average molecular weight is 339 g/mol. The first kappa shape index (κ1) is 14.7. The molecular formula is C14H15BrN2O3. The normalized spacial score (nSPS) is 12.2. The van der Waals surface area contributed by atoms with Crippen LogP contribution in [0.15, 0.2) is 33.3 Å². The Balaban J connectivity index is 2.44. The number of nitrogens with zero attached hydrogens (tertiary/aromatic N) is 2. The molecule has 20 heavy (non-hydrogen) atoms. The second kappa shape index (κ2) is 6.65. The Bertz CT molecular complexity index is 598. The smallest absolute Gasteiger partial charge is 0.323 e. The van der Waals surface area contributed by atoms with Gasteiger partial charge in [-0.2, -0.15) is 4.98 Å². The summed E-state index contributed by atoms with van der Waals surface area (Å²) in [7, 11) is 0. The van der Waals surface area contributed by atoms with E-state index in [0.717, 1.165) is 10.0 Å². The second-order valence-electron chi connectivity index (χ2n) is 4.11. The SMILES string of the molecule is CCOC(=O)C(c1nc(CC)no1)c1ccccc1Br. The van der Waals surface area contributed by atoms with Crippen LogP contribution < -0.4 is 0 Å². The predicted molar refractivity (Wildman–Crippen MR) is 76.3 cm³/mol. The Morgan fingerprint density at radius 2 is 2.15 bits per heavy atom. The molecule has 0 aliphatic rings. The third-order valence-corrected chi connectivity index (χ3v) is 3.51. The third kappa shape index (κ3) is 3.07. The van der Waals surface area contributed by atoms with Crippen molar-refractivity contribution in [1.82, 2.24) is 10.1 Å². The topological polar surface area (TPSA) is 65.2 Å². The molecule has 0 aliphatic heterocycles. The van der Waals surface area contributed by atoms with Gasteiger partial charge in [0, 0.05) is 10.9 Å². The number of benzene rings is 1. The van der Waals surface area contributed by atoms with Crippen LogP contribution in [0, 0.1) is 0 Å². The van der Waals surface area contributed by atoms with Gasteiger partial charge in [-0.1, -0.05) is 46.2 Å². The summed E-state index contributed by atoms with van der Waals surface area (Å²) in [6.07, 6.45) is 0.648. The van der Waals surface area contributed by atoms with Crippen LogP contribution in [0.4, 0.5) is 0 Å². The van der Waals surface area contributed by atoms with Crippen LogP contribution in [0.1, 0.15) is 37.0 Å². The van der Waals surface area contributed by atoms with Crippen molar-refractivity contribution in [2.75, 3.05) is 6.61 Å². The Morgan fingerprint density at radius 1 is 1.40 bits per heavy atom. The molecule has 0 saturated heterocycles. The summed E-state index contributed by atoms with van der Waals surface area (Å²) in [5, 5.41) is 3.84. The van der Waals surface area contributed by atoms with E-state index in [2.05, 4.69) is 26.1 Å². The Hall–Kier alpha value is -1.69. The summed E-state index contributed by atoms with van der Waals surface area (Å²) >= 11 is 3.44. The number of aromatic nitrogens is 2. The summed E-state index contributed by atoms with van der Waals surface area (Å²) in [5.41, 5.74) is 0.747. The first-order chi connectivity index (χ1) is 9.67. The van der Waals surface area contributed by atoms with Crippen molar-refractivity contribution in [3.05, 3.63) is 46.0 Å². The zero-order chi connectivity index (χ0) is 14.5. The van der Waals surface area contributed by atoms with Gasteiger partial charge in [-0.3, -0.25) is 4.79 Å². The number of esters is 1. The highest BCUT2D eigenvalue weighted by Crippen LogP contribution is 2.30. The minimum absolute atomic E-state index is 0.257. The first-order valence-corrected chi connectivity index (χ1v) is 7.20. The lowest BCUT2D eigenvalue weighted by Gasteiger charge is -2.13. The minimum Gasteiger partial charge on any atom is -0.465 e. The molecule has 0 saturated carbocycles. The number of hydrogen-bond donors (Lipinski definition) is 0. The second-order valence-corrected chi connectivity index (χ2v) is 4.96. The van der Waals surface area contributed by atoms with Crippen LogP contribution in [0.2, 0.25) is 0 Å². The van der Waals surface area contributed by atoms with Crippen LogP contribution in [0.3, 0.4) is 0 Å². The van der Waals surface area contributed by atoms with Crippen molar-refractivity contribution in [1.29, 1.82) is 0 Å². The maximum Gasteiger partial charge on any atom is 0.323 e. The quantitative estimate of drug-likeness (QED) is 0.783. The fraction of sp³-hybridized carbons (Fsp3) is 0.357. The fourth-order valence-corrected chi connectivity index (χ4v) is 2.34. The van der Waals surface area contributed by atoms with Gasteiger partial charge in [-0.25, -0.2) is 0 Å². The van der Waals surface area contributed by atoms with E-state index in [1.807, 2.05) is 31.2 Å². The lowest BCUT2D eigenvalue weighted by Crippen LogP contribution is -2.18. The van der Waals surface area contributed by atoms with Gasteiger partial charge in [0.1, 0.15) is 0 Å². The summed E-state index contributed by atoms with van der Waals surface area (Å²) in [6, 6.07) is 7.42. The lowest BCUT2D eigenvalue weighted by molar-refractivity contribution is -0.144. The van der Waals surface area contributed by atoms with Gasteiger partial charge < -0.3 is 9.26 Å². The number of hydrogen-bond acceptors (Lipinski definition) is 5. The molecule has 1 atom stereocenters. The molecule has 0 aliphatic carbocycles. The first-order valence-electron chi connectivity index (χ1n) is 6.40. The summed E-state index contributed by atoms with van der Waals surface area (Å²) < 4.78 is 11.1. The number of aryl methyl sites for hydroxylation is 1. The van der Waals surface area contributed by atoms with Gasteiger partial charge in [-0.15, -0.1) is 0 Å². The van der Waals surface area contributed by atoms with E-state index in [9.17, 15) is 4.79 Å². The van der Waals surface area contributed by atoms with Crippen LogP contribution in [-0.2, 0) is 16.0 Å². The van der Waals surface area contributed by atoms with Crippen LogP contribution in [0.25, 0.3) is 0 Å². The van der Waals surface area contributed by atoms with Gasteiger partial charge in [0.15, 0.2) is 11.7 Å². The third-order valence-electron chi connectivity index (χ3n) is 2.79. The molecule has 1 aromatic heterocycles. The molecule has 1 heterocycles. The zero-order valence-corrected chi connectivity index (χ0v) is 12.9. The molecule has 1 aromatic carbocycles. The van der Waals surface area contributed by atoms with Gasteiger partial charge in [0.2, 0.25) is 5.89 Å². The number of halogens is 1. The lowest BCUT2D eigenvalue weighted by atomic mass is 9.99. The van der Waals surface area contributed by atoms with Crippen molar-refractivity contribution in [2.24, 2.45) is 0 Å². The molecule has 0 spiro atoms. The molecular weight excluding hydrogens is 324 g/mol. The van der Waals surface area contributed by atoms with Gasteiger partial charge in [0.05, 0.1) is 6.61 Å². The van der Waals surface area contributed by atoms with Gasteiger partial charge >= 0.3 is 5.97 Å². The van der Waals surface area contributed by atoms with E-state index >= 15 is 0 Å². The van der Waals surface area contributed by atoms with Crippen LogP contribution >= 0.6 is 15.9 Å². The number of carbonyl (C=O) groups is 1. The highest BCUT2D eigenvalue weighted by atomic mass is 79.9. The largest absolute Gasteiger partial charge is 0.465 e. The summed E-state index contributed by atoms with van der Waals surface area (Å²) in [6.45, 7) is 3.99. The summed E-state index contributed by atoms with van der Waals surface area (Å²) in [4.78, 5) is 16.5. The molecule has 6 heteroatoms. The number of rotatable bonds is 5. The zero-order valence-electron chi connectivity index (χ0n) is 11.3. The number of carbonyl (C=O) groups excluding carboxylic acids is 1. The van der Waals surface area contributed by atoms with Crippen molar-refractivity contribution in [2.45, 2.75) is 26.2 Å². The Morgan fingerprint density at radius 3 is 2.75 bits per heavy atom. The molecule has 2 aromatic rings. The van der Waals surface area contributed by atoms with E-state index in [4.69, 9.17) is 9.26 Å².